The third kappa shape index (κ3) is 4.92. The normalized spacial score (nSPS) is 13.7. The van der Waals surface area contributed by atoms with E-state index in [4.69, 9.17) is 30.7 Å². The minimum Gasteiger partial charge on any atom is -0.436 e. The molecule has 0 unspecified atom stereocenters. The van der Waals surface area contributed by atoms with Crippen LogP contribution in [0.3, 0.4) is 0 Å². The van der Waals surface area contributed by atoms with Gasteiger partial charge in [-0.15, -0.1) is 0 Å². The summed E-state index contributed by atoms with van der Waals surface area (Å²) >= 11 is 7.54. The van der Waals surface area contributed by atoms with Crippen LogP contribution in [0.5, 0.6) is 23.3 Å². The van der Waals surface area contributed by atoms with E-state index < -0.39 is 5.82 Å². The number of oxime groups is 2. The molecule has 0 spiro atoms. The summed E-state index contributed by atoms with van der Waals surface area (Å²) in [6.07, 6.45) is 1.13. The average molecular weight is 475 g/mol. The maximum absolute atomic E-state index is 15.1. The first-order chi connectivity index (χ1) is 15.7. The lowest BCUT2D eigenvalue weighted by molar-refractivity contribution is 0.160. The van der Waals surface area contributed by atoms with E-state index >= 15 is 4.39 Å². The predicted molar refractivity (Wildman–Crippen MR) is 119 cm³/mol. The number of thioether (sulfide) groups is 1. The van der Waals surface area contributed by atoms with Gasteiger partial charge in [-0.2, -0.15) is 14.4 Å². The van der Waals surface area contributed by atoms with Gasteiger partial charge >= 0.3 is 0 Å². The second-order valence-electron chi connectivity index (χ2n) is 6.13. The molecule has 0 atom stereocenters. The van der Waals surface area contributed by atoms with Crippen molar-refractivity contribution in [3.05, 3.63) is 71.3 Å². The molecule has 11 heteroatoms. The Labute approximate surface area is 192 Å². The molecule has 8 nitrogen and oxygen atoms in total. The van der Waals surface area contributed by atoms with Crippen molar-refractivity contribution in [2.45, 2.75) is 0 Å². The van der Waals surface area contributed by atoms with Gasteiger partial charge in [0.15, 0.2) is 5.04 Å². The lowest BCUT2D eigenvalue weighted by atomic mass is 10.1. The van der Waals surface area contributed by atoms with Gasteiger partial charge in [0.25, 0.3) is 11.8 Å². The van der Waals surface area contributed by atoms with Crippen molar-refractivity contribution in [2.75, 3.05) is 19.5 Å². The van der Waals surface area contributed by atoms with Gasteiger partial charge in [-0.25, -0.2) is 0 Å². The maximum Gasteiger partial charge on any atom is 0.263 e. The molecule has 0 N–H and O–H groups in total. The van der Waals surface area contributed by atoms with Crippen molar-refractivity contribution < 1.29 is 23.5 Å². The summed E-state index contributed by atoms with van der Waals surface area (Å²) in [4.78, 5) is 17.9. The first-order valence-corrected chi connectivity index (χ1v) is 10.7. The van der Waals surface area contributed by atoms with Crippen LogP contribution in [0.4, 0.5) is 4.39 Å². The molecule has 4 rings (SSSR count). The summed E-state index contributed by atoms with van der Waals surface area (Å²) in [5.41, 5.74) is 0.896. The van der Waals surface area contributed by atoms with Crippen molar-refractivity contribution in [3.63, 3.8) is 0 Å². The summed E-state index contributed by atoms with van der Waals surface area (Å²) in [7, 11) is 1.42. The third-order valence-corrected chi connectivity index (χ3v) is 5.29. The van der Waals surface area contributed by atoms with E-state index in [1.165, 1.54) is 18.9 Å². The first kappa shape index (κ1) is 21.8. The van der Waals surface area contributed by atoms with Crippen LogP contribution in [-0.2, 0) is 9.68 Å². The van der Waals surface area contributed by atoms with Crippen LogP contribution in [0.2, 0.25) is 5.02 Å². The van der Waals surface area contributed by atoms with Gasteiger partial charge in [0, 0.05) is 11.3 Å². The van der Waals surface area contributed by atoms with E-state index in [0.717, 1.165) is 6.33 Å². The fraction of sp³-hybridized carbons (Fsp3) is 0.143. The Morgan fingerprint density at radius 2 is 1.75 bits per heavy atom. The standard InChI is InChI=1S/C21H16ClFN4O4S/c1-28-26-18(21-27-29-10-11-32-21)13-6-2-4-8-15(13)30-19-17(23)20(25-12-24-19)31-16-9-5-3-7-14(16)22/h2-9,12H,10-11H2,1H3/b26-18+. The van der Waals surface area contributed by atoms with Crippen LogP contribution in [-0.4, -0.2) is 40.2 Å². The van der Waals surface area contributed by atoms with Crippen LogP contribution >= 0.6 is 23.4 Å². The molecule has 1 aliphatic rings. The van der Waals surface area contributed by atoms with E-state index in [1.54, 1.807) is 48.5 Å². The van der Waals surface area contributed by atoms with E-state index in [2.05, 4.69) is 20.3 Å². The molecule has 0 fully saturated rings. The molecule has 2 heterocycles. The summed E-state index contributed by atoms with van der Waals surface area (Å²) in [5, 5.41) is 8.93. The predicted octanol–water partition coefficient (Wildman–Crippen LogP) is 5.28. The Hall–Kier alpha value is -3.37. The molecule has 0 saturated carbocycles. The molecule has 0 saturated heterocycles. The number of halogens is 2. The molecule has 1 aromatic heterocycles. The number of hydrogen-bond acceptors (Lipinski definition) is 9. The Morgan fingerprint density at radius 3 is 2.44 bits per heavy atom. The topological polar surface area (TPSA) is 87.4 Å². The number of ether oxygens (including phenoxy) is 2. The Morgan fingerprint density at radius 1 is 1.06 bits per heavy atom. The number of benzene rings is 2. The highest BCUT2D eigenvalue weighted by Gasteiger charge is 2.23. The molecule has 0 radical (unpaired) electrons. The number of para-hydroxylation sites is 2. The zero-order valence-corrected chi connectivity index (χ0v) is 18.3. The zero-order valence-electron chi connectivity index (χ0n) is 16.7. The van der Waals surface area contributed by atoms with Crippen molar-refractivity contribution >= 4 is 34.1 Å². The van der Waals surface area contributed by atoms with E-state index in [9.17, 15) is 0 Å². The lowest BCUT2D eigenvalue weighted by Gasteiger charge is -2.16. The monoisotopic (exact) mass is 474 g/mol. The van der Waals surface area contributed by atoms with Gasteiger partial charge in [-0.1, -0.05) is 57.9 Å². The number of nitrogens with zero attached hydrogens (tertiary/aromatic N) is 4. The van der Waals surface area contributed by atoms with E-state index in [0.29, 0.717) is 33.7 Å². The van der Waals surface area contributed by atoms with Gasteiger partial charge in [0.1, 0.15) is 37.3 Å². The van der Waals surface area contributed by atoms with E-state index in [-0.39, 0.29) is 23.3 Å². The van der Waals surface area contributed by atoms with Crippen LogP contribution in [0, 0.1) is 5.82 Å². The van der Waals surface area contributed by atoms with Gasteiger partial charge in [0.2, 0.25) is 5.82 Å². The van der Waals surface area contributed by atoms with Crippen molar-refractivity contribution in [3.8, 4) is 23.3 Å². The van der Waals surface area contributed by atoms with Crippen molar-refractivity contribution in [1.29, 1.82) is 0 Å². The van der Waals surface area contributed by atoms with Gasteiger partial charge < -0.3 is 19.1 Å². The Bertz CT molecular complexity index is 1180. The minimum atomic E-state index is -0.889. The van der Waals surface area contributed by atoms with Crippen LogP contribution < -0.4 is 9.47 Å². The third-order valence-electron chi connectivity index (χ3n) is 4.06. The molecular formula is C21H16ClFN4O4S. The molecule has 3 aromatic rings. The summed E-state index contributed by atoms with van der Waals surface area (Å²) in [5.74, 6) is -0.320. The van der Waals surface area contributed by atoms with Gasteiger partial charge in [-0.3, -0.25) is 0 Å². The zero-order chi connectivity index (χ0) is 22.3. The largest absolute Gasteiger partial charge is 0.436 e. The molecular weight excluding hydrogens is 459 g/mol. The first-order valence-electron chi connectivity index (χ1n) is 9.31. The average Bonchev–Trinajstić information content (AvgIpc) is 2.82. The van der Waals surface area contributed by atoms with E-state index in [1.807, 2.05) is 0 Å². The van der Waals surface area contributed by atoms with Crippen LogP contribution in [0.1, 0.15) is 5.56 Å². The van der Waals surface area contributed by atoms with Gasteiger partial charge in [0.05, 0.1) is 5.02 Å². The minimum absolute atomic E-state index is 0.250. The lowest BCUT2D eigenvalue weighted by Crippen LogP contribution is -2.19. The SMILES string of the molecule is CO/N=C(/C1=NOCCS1)c1ccccc1Oc1ncnc(Oc2ccccc2Cl)c1F. The fourth-order valence-corrected chi connectivity index (χ4v) is 3.60. The molecule has 1 aliphatic heterocycles. The summed E-state index contributed by atoms with van der Waals surface area (Å²) < 4.78 is 26.4. The second-order valence-corrected chi connectivity index (χ2v) is 7.62. The fourth-order valence-electron chi connectivity index (χ4n) is 2.68. The molecule has 0 amide bonds. The smallest absolute Gasteiger partial charge is 0.263 e. The Kier molecular flexibility index (Phi) is 7.03. The quantitative estimate of drug-likeness (QED) is 0.340. The highest BCUT2D eigenvalue weighted by Crippen LogP contribution is 2.34. The molecule has 32 heavy (non-hydrogen) atoms. The van der Waals surface area contributed by atoms with Gasteiger partial charge in [-0.05, 0) is 24.3 Å². The second kappa shape index (κ2) is 10.3. The number of rotatable bonds is 7. The summed E-state index contributed by atoms with van der Waals surface area (Å²) in [6.45, 7) is 0.493. The molecule has 0 aliphatic carbocycles. The van der Waals surface area contributed by atoms with Crippen LogP contribution in [0.25, 0.3) is 0 Å². The highest BCUT2D eigenvalue weighted by molar-refractivity contribution is 8.15. The van der Waals surface area contributed by atoms with Crippen molar-refractivity contribution in [1.82, 2.24) is 9.97 Å². The van der Waals surface area contributed by atoms with Crippen LogP contribution in [0.15, 0.2) is 65.2 Å². The number of aromatic nitrogens is 2. The highest BCUT2D eigenvalue weighted by atomic mass is 35.5. The molecule has 164 valence electrons. The van der Waals surface area contributed by atoms with Crippen molar-refractivity contribution in [2.24, 2.45) is 10.3 Å². The maximum atomic E-state index is 15.1. The Balaban J connectivity index is 1.66. The summed E-state index contributed by atoms with van der Waals surface area (Å²) in [6, 6.07) is 13.6. The number of hydrogen-bond donors (Lipinski definition) is 0. The molecule has 0 bridgehead atoms. The molecule has 2 aromatic carbocycles.